The Morgan fingerprint density at radius 1 is 1.40 bits per heavy atom. The van der Waals surface area contributed by atoms with Crippen LogP contribution in [-0.4, -0.2) is 16.8 Å². The maximum absolute atomic E-state index is 4.54. The van der Waals surface area contributed by atoms with Crippen molar-refractivity contribution < 1.29 is 0 Å². The number of aromatic nitrogens is 2. The summed E-state index contributed by atoms with van der Waals surface area (Å²) >= 11 is 3.69. The molecule has 1 saturated carbocycles. The predicted octanol–water partition coefficient (Wildman–Crippen LogP) is 4.64. The Hall–Kier alpha value is -1.29. The summed E-state index contributed by atoms with van der Waals surface area (Å²) < 4.78 is 3.37. The molecule has 20 heavy (non-hydrogen) atoms. The first kappa shape index (κ1) is 13.7. The molecular formula is C16H20BrN3. The van der Waals surface area contributed by atoms with Crippen LogP contribution in [0.3, 0.4) is 0 Å². The zero-order chi connectivity index (χ0) is 14.1. The molecule has 0 saturated heterocycles. The van der Waals surface area contributed by atoms with Crippen molar-refractivity contribution in [2.24, 2.45) is 0 Å². The van der Waals surface area contributed by atoms with Crippen LogP contribution < -0.4 is 5.32 Å². The van der Waals surface area contributed by atoms with Crippen LogP contribution in [0.1, 0.15) is 37.8 Å². The topological polar surface area (TPSA) is 29.9 Å². The lowest BCUT2D eigenvalue weighted by atomic mass is 9.92. The molecule has 1 aromatic heterocycles. The molecule has 1 aromatic carbocycles. The van der Waals surface area contributed by atoms with Gasteiger partial charge in [0, 0.05) is 29.0 Å². The van der Waals surface area contributed by atoms with Gasteiger partial charge in [-0.25, -0.2) is 0 Å². The Balaban J connectivity index is 2.09. The van der Waals surface area contributed by atoms with Crippen molar-refractivity contribution in [2.75, 3.05) is 12.4 Å². The summed E-state index contributed by atoms with van der Waals surface area (Å²) in [7, 11) is 1.98. The van der Waals surface area contributed by atoms with Crippen molar-refractivity contribution in [1.82, 2.24) is 9.78 Å². The molecule has 3 rings (SSSR count). The fraction of sp³-hybridized carbons (Fsp3) is 0.438. The summed E-state index contributed by atoms with van der Waals surface area (Å²) in [5, 5.41) is 7.86. The predicted molar refractivity (Wildman–Crippen MR) is 87.2 cm³/mol. The van der Waals surface area contributed by atoms with Crippen molar-refractivity contribution in [3.63, 3.8) is 0 Å². The molecule has 0 aliphatic heterocycles. The first-order valence-electron chi connectivity index (χ1n) is 7.28. The van der Waals surface area contributed by atoms with Gasteiger partial charge in [-0.2, -0.15) is 5.10 Å². The van der Waals surface area contributed by atoms with E-state index in [1.807, 2.05) is 13.2 Å². The van der Waals surface area contributed by atoms with Crippen molar-refractivity contribution in [3.05, 3.63) is 34.4 Å². The maximum Gasteiger partial charge on any atom is 0.0706 e. The Kier molecular flexibility index (Phi) is 3.83. The van der Waals surface area contributed by atoms with Crippen LogP contribution in [0.2, 0.25) is 0 Å². The molecule has 2 aromatic rings. The van der Waals surface area contributed by atoms with Crippen molar-refractivity contribution in [3.8, 4) is 11.3 Å². The molecule has 4 heteroatoms. The smallest absolute Gasteiger partial charge is 0.0706 e. The van der Waals surface area contributed by atoms with Gasteiger partial charge in [-0.1, -0.05) is 22.9 Å². The molecule has 0 atom stereocenters. The largest absolute Gasteiger partial charge is 0.388 e. The molecule has 1 N–H and O–H groups in total. The molecule has 1 aliphatic carbocycles. The zero-order valence-corrected chi connectivity index (χ0v) is 13.6. The fourth-order valence-electron chi connectivity index (χ4n) is 2.76. The highest BCUT2D eigenvalue weighted by atomic mass is 79.9. The zero-order valence-electron chi connectivity index (χ0n) is 12.0. The SMILES string of the molecule is CCc1cc(NC)c(-c2ccnn2C2CCC2)cc1Br. The van der Waals surface area contributed by atoms with Crippen LogP contribution in [0.15, 0.2) is 28.9 Å². The average Bonchev–Trinajstić information content (AvgIpc) is 2.85. The van der Waals surface area contributed by atoms with Gasteiger partial charge in [0.1, 0.15) is 0 Å². The second kappa shape index (κ2) is 5.60. The lowest BCUT2D eigenvalue weighted by molar-refractivity contribution is 0.292. The third-order valence-corrected chi connectivity index (χ3v) is 4.94. The summed E-state index contributed by atoms with van der Waals surface area (Å²) in [6.45, 7) is 2.18. The lowest BCUT2D eigenvalue weighted by Gasteiger charge is -2.28. The molecule has 0 spiro atoms. The minimum Gasteiger partial charge on any atom is -0.388 e. The van der Waals surface area contributed by atoms with Crippen molar-refractivity contribution >= 4 is 21.6 Å². The average molecular weight is 334 g/mol. The number of aryl methyl sites for hydroxylation is 1. The Morgan fingerprint density at radius 2 is 2.20 bits per heavy atom. The molecule has 1 heterocycles. The van der Waals surface area contributed by atoms with E-state index in [0.29, 0.717) is 6.04 Å². The van der Waals surface area contributed by atoms with E-state index in [2.05, 4.69) is 56.2 Å². The number of halogens is 1. The Morgan fingerprint density at radius 3 is 2.80 bits per heavy atom. The number of hydrogen-bond acceptors (Lipinski definition) is 2. The number of hydrogen-bond donors (Lipinski definition) is 1. The van der Waals surface area contributed by atoms with Gasteiger partial charge >= 0.3 is 0 Å². The van der Waals surface area contributed by atoms with E-state index in [0.717, 1.165) is 6.42 Å². The minimum absolute atomic E-state index is 0.578. The second-order valence-electron chi connectivity index (χ2n) is 5.34. The van der Waals surface area contributed by atoms with Crippen molar-refractivity contribution in [1.29, 1.82) is 0 Å². The normalized spacial score (nSPS) is 15.2. The van der Waals surface area contributed by atoms with E-state index in [1.165, 1.54) is 46.2 Å². The highest BCUT2D eigenvalue weighted by Gasteiger charge is 2.23. The van der Waals surface area contributed by atoms with Crippen LogP contribution in [0.25, 0.3) is 11.3 Å². The second-order valence-corrected chi connectivity index (χ2v) is 6.19. The molecule has 0 amide bonds. The minimum atomic E-state index is 0.578. The van der Waals surface area contributed by atoms with Gasteiger partial charge in [-0.05, 0) is 49.4 Å². The standard InChI is InChI=1S/C16H20BrN3/c1-3-11-9-15(18-2)13(10-14(11)17)16-7-8-19-20(16)12-5-4-6-12/h7-10,12,18H,3-6H2,1-2H3. The first-order valence-corrected chi connectivity index (χ1v) is 8.08. The van der Waals surface area contributed by atoms with Gasteiger partial charge in [-0.15, -0.1) is 0 Å². The van der Waals surface area contributed by atoms with Gasteiger partial charge in [0.2, 0.25) is 0 Å². The van der Waals surface area contributed by atoms with E-state index in [4.69, 9.17) is 0 Å². The van der Waals surface area contributed by atoms with E-state index in [-0.39, 0.29) is 0 Å². The molecule has 0 bridgehead atoms. The summed E-state index contributed by atoms with van der Waals surface area (Å²) in [6.07, 6.45) is 6.75. The monoisotopic (exact) mass is 333 g/mol. The van der Waals surface area contributed by atoms with E-state index < -0.39 is 0 Å². The van der Waals surface area contributed by atoms with E-state index >= 15 is 0 Å². The molecule has 106 valence electrons. The Labute approximate surface area is 128 Å². The fourth-order valence-corrected chi connectivity index (χ4v) is 3.38. The van der Waals surface area contributed by atoms with Crippen LogP contribution in [-0.2, 0) is 6.42 Å². The first-order chi connectivity index (χ1) is 9.74. The third kappa shape index (κ3) is 2.26. The molecule has 3 nitrogen and oxygen atoms in total. The maximum atomic E-state index is 4.54. The summed E-state index contributed by atoms with van der Waals surface area (Å²) in [6, 6.07) is 7.15. The highest BCUT2D eigenvalue weighted by molar-refractivity contribution is 9.10. The van der Waals surface area contributed by atoms with Gasteiger partial charge < -0.3 is 5.32 Å². The van der Waals surface area contributed by atoms with Crippen LogP contribution in [0.5, 0.6) is 0 Å². The number of nitrogens with one attached hydrogen (secondary N) is 1. The quantitative estimate of drug-likeness (QED) is 0.883. The number of rotatable bonds is 4. The number of nitrogens with zero attached hydrogens (tertiary/aromatic N) is 2. The molecule has 1 fully saturated rings. The van der Waals surface area contributed by atoms with Gasteiger partial charge in [0.25, 0.3) is 0 Å². The molecule has 0 unspecified atom stereocenters. The summed E-state index contributed by atoms with van der Waals surface area (Å²) in [4.78, 5) is 0. The summed E-state index contributed by atoms with van der Waals surface area (Å²) in [5.41, 5.74) is 4.93. The third-order valence-electron chi connectivity index (χ3n) is 4.20. The van der Waals surface area contributed by atoms with Crippen LogP contribution >= 0.6 is 15.9 Å². The van der Waals surface area contributed by atoms with Gasteiger partial charge in [-0.3, -0.25) is 4.68 Å². The van der Waals surface area contributed by atoms with E-state index in [1.54, 1.807) is 0 Å². The molecule has 0 radical (unpaired) electrons. The van der Waals surface area contributed by atoms with Gasteiger partial charge in [0.15, 0.2) is 0 Å². The van der Waals surface area contributed by atoms with Crippen LogP contribution in [0.4, 0.5) is 5.69 Å². The summed E-state index contributed by atoms with van der Waals surface area (Å²) in [5.74, 6) is 0. The highest BCUT2D eigenvalue weighted by Crippen LogP contribution is 2.38. The van der Waals surface area contributed by atoms with Crippen molar-refractivity contribution in [2.45, 2.75) is 38.6 Å². The molecular weight excluding hydrogens is 314 g/mol. The van der Waals surface area contributed by atoms with Crippen LogP contribution in [0, 0.1) is 0 Å². The molecule has 1 aliphatic rings. The number of anilines is 1. The van der Waals surface area contributed by atoms with E-state index in [9.17, 15) is 0 Å². The Bertz CT molecular complexity index is 614. The lowest BCUT2D eigenvalue weighted by Crippen LogP contribution is -2.19. The van der Waals surface area contributed by atoms with Gasteiger partial charge in [0.05, 0.1) is 11.7 Å². The number of benzene rings is 1.